The minimum absolute atomic E-state index is 0.504. The first kappa shape index (κ1) is 69.5. The minimum Gasteiger partial charge on any atom is -0.309 e. The molecule has 12 nitrogen and oxygen atoms in total. The van der Waals surface area contributed by atoms with Crippen LogP contribution in [0.4, 0.5) is 5.69 Å². The summed E-state index contributed by atoms with van der Waals surface area (Å²) < 4.78 is 9.09. The van der Waals surface area contributed by atoms with Crippen molar-refractivity contribution >= 4 is 92.9 Å². The molecule has 0 unspecified atom stereocenters. The van der Waals surface area contributed by atoms with E-state index >= 15 is 0 Å². The molecular weight excluding hydrogens is 1470 g/mol. The maximum Gasteiger partial charge on any atom is 0.235 e. The third kappa shape index (κ3) is 11.9. The van der Waals surface area contributed by atoms with E-state index < -0.39 is 0 Å². The lowest BCUT2D eigenvalue weighted by Gasteiger charge is -2.15. The number of benzene rings is 16. The molecule has 0 aliphatic rings. The van der Waals surface area contributed by atoms with Gasteiger partial charge >= 0.3 is 0 Å². The van der Waals surface area contributed by atoms with Gasteiger partial charge in [-0.1, -0.05) is 212 Å². The SMILES string of the molecule is [C-]#[N+]c1ccc(-c2cc(-c3ccc(C#N)cc3)nc(-n3c4ccccc4c4cc(-c5ccc6c(c5)c5ccccc5n6-c5cccc(-c6cc(-c7ccccc7)cc(-c7cccc(-n8c9ccccc9c9cc(-c%10ccc%11c(c%10)c%10ccccc%10n%11-c%10nc(-c%11ccc(C#N)cc%11)cc(-c%11ccc(C#N)cc%11)n%10)ccc98)c7)c6)c5)ccc43)n2)cc1. The van der Waals surface area contributed by atoms with Gasteiger partial charge in [-0.3, -0.25) is 9.13 Å². The summed E-state index contributed by atoms with van der Waals surface area (Å²) in [5, 5.41) is 37.9. The summed E-state index contributed by atoms with van der Waals surface area (Å²) >= 11 is 0. The van der Waals surface area contributed by atoms with Crippen LogP contribution in [-0.4, -0.2) is 38.2 Å². The molecule has 0 saturated heterocycles. The van der Waals surface area contributed by atoms with Crippen molar-refractivity contribution in [2.75, 3.05) is 0 Å². The molecule has 0 spiro atoms. The topological polar surface area (TPSA) is 147 Å². The molecule has 0 radical (unpaired) electrons. The van der Waals surface area contributed by atoms with Crippen LogP contribution in [0.1, 0.15) is 16.7 Å². The molecule has 0 saturated carbocycles. The Labute approximate surface area is 688 Å². The Morgan fingerprint density at radius 1 is 0.208 bits per heavy atom. The van der Waals surface area contributed by atoms with Gasteiger partial charge in [0.05, 0.1) is 108 Å². The molecule has 12 heteroatoms. The Balaban J connectivity index is 0.607. The summed E-state index contributed by atoms with van der Waals surface area (Å²) in [4.78, 5) is 24.7. The zero-order valence-corrected chi connectivity index (χ0v) is 64.2. The highest BCUT2D eigenvalue weighted by Crippen LogP contribution is 2.44. The predicted octanol–water partition coefficient (Wildman–Crippen LogP) is 26.8. The molecule has 0 bridgehead atoms. The number of hydrogen-bond donors (Lipinski definition) is 0. The van der Waals surface area contributed by atoms with E-state index in [-0.39, 0.29) is 0 Å². The lowest BCUT2D eigenvalue weighted by atomic mass is 9.93. The molecule has 22 aromatic rings. The Morgan fingerprint density at radius 2 is 0.475 bits per heavy atom. The summed E-state index contributed by atoms with van der Waals surface area (Å²) in [6.07, 6.45) is 0. The Kier molecular flexibility index (Phi) is 16.5. The highest BCUT2D eigenvalue weighted by atomic mass is 15.2. The zero-order chi connectivity index (χ0) is 80.1. The maximum absolute atomic E-state index is 9.67. The van der Waals surface area contributed by atoms with E-state index in [2.05, 4.69) is 302 Å². The van der Waals surface area contributed by atoms with Crippen LogP contribution in [0.25, 0.3) is 216 Å². The van der Waals surface area contributed by atoms with Gasteiger partial charge in [0.15, 0.2) is 5.69 Å². The van der Waals surface area contributed by atoms with Crippen molar-refractivity contribution in [3.05, 3.63) is 404 Å². The molecule has 0 N–H and O–H groups in total. The van der Waals surface area contributed by atoms with E-state index in [0.29, 0.717) is 57.1 Å². The highest BCUT2D eigenvalue weighted by molar-refractivity contribution is 6.15. The Morgan fingerprint density at radius 3 is 0.808 bits per heavy atom. The number of hydrogen-bond acceptors (Lipinski definition) is 7. The molecule has 0 aliphatic carbocycles. The number of para-hydroxylation sites is 4. The third-order valence-electron chi connectivity index (χ3n) is 23.3. The molecular formula is C108H62N12. The molecule has 6 heterocycles. The van der Waals surface area contributed by atoms with Crippen molar-refractivity contribution < 1.29 is 0 Å². The first-order chi connectivity index (χ1) is 59.2. The molecule has 0 amide bonds. The van der Waals surface area contributed by atoms with E-state index in [9.17, 15) is 15.8 Å². The second kappa shape index (κ2) is 28.4. The molecule has 16 aromatic carbocycles. The minimum atomic E-state index is 0.504. The first-order valence-corrected chi connectivity index (χ1v) is 39.6. The van der Waals surface area contributed by atoms with Crippen LogP contribution in [0.2, 0.25) is 0 Å². The molecule has 554 valence electrons. The van der Waals surface area contributed by atoms with E-state index in [0.717, 1.165) is 176 Å². The van der Waals surface area contributed by atoms with Crippen molar-refractivity contribution in [2.24, 2.45) is 0 Å². The van der Waals surface area contributed by atoms with Gasteiger partial charge < -0.3 is 9.13 Å². The largest absolute Gasteiger partial charge is 0.309 e. The predicted molar refractivity (Wildman–Crippen MR) is 484 cm³/mol. The average Bonchev–Trinajstić information content (AvgIpc) is 1.59. The number of rotatable bonds is 13. The lowest BCUT2D eigenvalue weighted by Crippen LogP contribution is -2.04. The zero-order valence-electron chi connectivity index (χ0n) is 64.2. The van der Waals surface area contributed by atoms with Crippen molar-refractivity contribution in [1.29, 1.82) is 15.8 Å². The van der Waals surface area contributed by atoms with E-state index in [4.69, 9.17) is 26.5 Å². The van der Waals surface area contributed by atoms with Gasteiger partial charge in [0.2, 0.25) is 11.9 Å². The highest BCUT2D eigenvalue weighted by Gasteiger charge is 2.24. The molecule has 0 fully saturated rings. The molecule has 6 aromatic heterocycles. The van der Waals surface area contributed by atoms with Crippen LogP contribution >= 0.6 is 0 Å². The van der Waals surface area contributed by atoms with Gasteiger partial charge in [-0.05, 0) is 225 Å². The Bertz CT molecular complexity index is 7570. The second-order valence-corrected chi connectivity index (χ2v) is 30.2. The summed E-state index contributed by atoms with van der Waals surface area (Å²) in [6.45, 7) is 7.61. The molecule has 0 atom stereocenters. The van der Waals surface area contributed by atoms with Crippen molar-refractivity contribution in [2.45, 2.75) is 0 Å². The standard InChI is InChI=1S/C108H62N12/c1-112-84-47-41-74(42-48-84)98-63-97(73-39-33-69(66-111)34-40-73)115-108(116-98)120-102-28-12-8-24-90(102)94-61-80(46-52-106(94)120)78-44-50-104-92(59-78)88-22-6-10-26-100(88)118(104)86-20-14-18-76(57-86)83-54-81(70-15-3-2-4-16-70)53-82(55-83)75-17-13-19-85(56-75)117-99-25-9-5-21-87(99)91-58-77(43-49-103(91)117)79-45-51-105-93(60-79)89-23-7-11-27-101(89)119(105)107-113-95(71-35-29-67(64-109)30-36-71)62-96(114-107)72-37-31-68(65-110)32-38-72/h2-63H. The third-order valence-corrected chi connectivity index (χ3v) is 23.3. The van der Waals surface area contributed by atoms with Crippen LogP contribution in [0.5, 0.6) is 0 Å². The Hall–Kier alpha value is -17.2. The second-order valence-electron chi connectivity index (χ2n) is 30.2. The molecule has 22 rings (SSSR count). The maximum atomic E-state index is 9.67. The number of nitrogens with zero attached hydrogens (tertiary/aromatic N) is 12. The first-order valence-electron chi connectivity index (χ1n) is 39.6. The monoisotopic (exact) mass is 1530 g/mol. The fraction of sp³-hybridized carbons (Fsp3) is 0. The number of fused-ring (bicyclic) bond motifs is 12. The van der Waals surface area contributed by atoms with Crippen molar-refractivity contribution in [3.8, 4) is 142 Å². The number of aromatic nitrogens is 8. The molecule has 120 heavy (non-hydrogen) atoms. The summed E-state index contributed by atoms with van der Waals surface area (Å²) in [5.41, 5.74) is 29.8. The van der Waals surface area contributed by atoms with Crippen LogP contribution in [0, 0.1) is 40.6 Å². The molecule has 0 aliphatic heterocycles. The van der Waals surface area contributed by atoms with E-state index in [1.54, 1.807) is 0 Å². The lowest BCUT2D eigenvalue weighted by molar-refractivity contribution is 0.995. The van der Waals surface area contributed by atoms with Crippen LogP contribution < -0.4 is 0 Å². The smallest absolute Gasteiger partial charge is 0.235 e. The van der Waals surface area contributed by atoms with Gasteiger partial charge in [-0.15, -0.1) is 0 Å². The summed E-state index contributed by atoms with van der Waals surface area (Å²) in [6, 6.07) is 137. The van der Waals surface area contributed by atoms with Gasteiger partial charge in [-0.2, -0.15) is 15.8 Å². The van der Waals surface area contributed by atoms with E-state index in [1.165, 1.54) is 0 Å². The van der Waals surface area contributed by atoms with Crippen LogP contribution in [0.3, 0.4) is 0 Å². The van der Waals surface area contributed by atoms with Crippen molar-refractivity contribution in [3.63, 3.8) is 0 Å². The van der Waals surface area contributed by atoms with Gasteiger partial charge in [0.25, 0.3) is 0 Å². The summed E-state index contributed by atoms with van der Waals surface area (Å²) in [5.74, 6) is 1.01. The summed E-state index contributed by atoms with van der Waals surface area (Å²) in [7, 11) is 0. The average molecular weight is 1530 g/mol. The number of nitriles is 3. The quantitative estimate of drug-likeness (QED) is 0.104. The fourth-order valence-corrected chi connectivity index (χ4v) is 17.5. The van der Waals surface area contributed by atoms with Gasteiger partial charge in [0.1, 0.15) is 0 Å². The fourth-order valence-electron chi connectivity index (χ4n) is 17.5. The van der Waals surface area contributed by atoms with Gasteiger partial charge in [0, 0.05) is 71.2 Å². The van der Waals surface area contributed by atoms with Crippen molar-refractivity contribution in [1.82, 2.24) is 38.2 Å². The van der Waals surface area contributed by atoms with Crippen LogP contribution in [0.15, 0.2) is 376 Å². The van der Waals surface area contributed by atoms with Crippen LogP contribution in [-0.2, 0) is 0 Å². The van der Waals surface area contributed by atoms with Gasteiger partial charge in [-0.25, -0.2) is 24.8 Å². The van der Waals surface area contributed by atoms with E-state index in [1.807, 2.05) is 115 Å². The normalized spacial score (nSPS) is 11.5.